The van der Waals surface area contributed by atoms with E-state index in [1.807, 2.05) is 23.1 Å². The maximum Gasteiger partial charge on any atom is 0.168 e. The Kier molecular flexibility index (Phi) is 2.67. The molecule has 0 amide bonds. The summed E-state index contributed by atoms with van der Waals surface area (Å²) in [4.78, 5) is 8.46. The third-order valence-electron chi connectivity index (χ3n) is 3.61. The van der Waals surface area contributed by atoms with Gasteiger partial charge in [0.15, 0.2) is 5.17 Å². The van der Waals surface area contributed by atoms with Gasteiger partial charge in [-0.1, -0.05) is 36.9 Å². The molecule has 0 unspecified atom stereocenters. The lowest BCUT2D eigenvalue weighted by Gasteiger charge is -2.16. The Balaban J connectivity index is 1.92. The van der Waals surface area contributed by atoms with Crippen molar-refractivity contribution in [3.05, 3.63) is 40.1 Å². The third kappa shape index (κ3) is 1.66. The highest BCUT2D eigenvalue weighted by Crippen LogP contribution is 2.45. The van der Waals surface area contributed by atoms with Crippen LogP contribution in [-0.4, -0.2) is 23.2 Å². The summed E-state index contributed by atoms with van der Waals surface area (Å²) in [6, 6.07) is 8.68. The fourth-order valence-electron chi connectivity index (χ4n) is 2.73. The summed E-state index contributed by atoms with van der Waals surface area (Å²) < 4.78 is 1.37. The van der Waals surface area contributed by atoms with Gasteiger partial charge in [-0.15, -0.1) is 11.3 Å². The fourth-order valence-corrected chi connectivity index (χ4v) is 4.80. The van der Waals surface area contributed by atoms with E-state index in [9.17, 15) is 0 Å². The van der Waals surface area contributed by atoms with Crippen LogP contribution in [0.4, 0.5) is 0 Å². The number of hydrogen-bond acceptors (Lipinski definition) is 4. The smallest absolute Gasteiger partial charge is 0.168 e. The molecule has 4 heteroatoms. The Labute approximate surface area is 120 Å². The van der Waals surface area contributed by atoms with E-state index in [1.54, 1.807) is 0 Å². The zero-order valence-electron chi connectivity index (χ0n) is 10.7. The molecule has 0 N–H and O–H groups in total. The van der Waals surface area contributed by atoms with Crippen molar-refractivity contribution >= 4 is 44.0 Å². The lowest BCUT2D eigenvalue weighted by atomic mass is 10.1. The van der Waals surface area contributed by atoms with Crippen LogP contribution in [-0.2, 0) is 0 Å². The molecular weight excluding hydrogens is 272 g/mol. The fraction of sp³-hybridized carbons (Fsp3) is 0.267. The van der Waals surface area contributed by atoms with Gasteiger partial charge in [0.1, 0.15) is 0 Å². The van der Waals surface area contributed by atoms with Gasteiger partial charge in [0, 0.05) is 32.5 Å². The van der Waals surface area contributed by atoms with Crippen molar-refractivity contribution < 1.29 is 0 Å². The number of amidine groups is 1. The maximum atomic E-state index is 4.60. The molecule has 0 atom stereocenters. The SMILES string of the molecule is CCC1=C(c2csc3ccccc23)N2CCN=C2S1. The van der Waals surface area contributed by atoms with Gasteiger partial charge in [0.25, 0.3) is 0 Å². The molecule has 4 rings (SSSR count). The van der Waals surface area contributed by atoms with Gasteiger partial charge in [-0.3, -0.25) is 4.99 Å². The van der Waals surface area contributed by atoms with E-state index in [4.69, 9.17) is 0 Å². The molecule has 0 saturated carbocycles. The highest BCUT2D eigenvalue weighted by molar-refractivity contribution is 8.17. The summed E-state index contributed by atoms with van der Waals surface area (Å²) in [6.07, 6.45) is 1.08. The molecule has 1 aromatic heterocycles. The van der Waals surface area contributed by atoms with Gasteiger partial charge in [-0.2, -0.15) is 0 Å². The summed E-state index contributed by atoms with van der Waals surface area (Å²) in [5.41, 5.74) is 2.79. The molecule has 1 aromatic carbocycles. The Morgan fingerprint density at radius 3 is 3.11 bits per heavy atom. The van der Waals surface area contributed by atoms with Crippen molar-refractivity contribution in [3.63, 3.8) is 0 Å². The quantitative estimate of drug-likeness (QED) is 0.813. The largest absolute Gasteiger partial charge is 0.318 e. The van der Waals surface area contributed by atoms with Gasteiger partial charge in [-0.05, 0) is 12.5 Å². The lowest BCUT2D eigenvalue weighted by molar-refractivity contribution is 0.647. The minimum atomic E-state index is 0.935. The van der Waals surface area contributed by atoms with E-state index in [2.05, 4.69) is 46.5 Å². The summed E-state index contributed by atoms with van der Waals surface area (Å²) in [5.74, 6) is 0. The summed E-state index contributed by atoms with van der Waals surface area (Å²) in [6.45, 7) is 4.20. The number of benzene rings is 1. The molecule has 0 radical (unpaired) electrons. The van der Waals surface area contributed by atoms with Gasteiger partial charge in [-0.25, -0.2) is 0 Å². The lowest BCUT2D eigenvalue weighted by Crippen LogP contribution is -2.19. The van der Waals surface area contributed by atoms with Crippen LogP contribution >= 0.6 is 23.1 Å². The highest BCUT2D eigenvalue weighted by atomic mass is 32.2. The van der Waals surface area contributed by atoms with Gasteiger partial charge in [0.2, 0.25) is 0 Å². The molecule has 3 heterocycles. The second-order valence-corrected chi connectivity index (χ2v) is 6.66. The number of fused-ring (bicyclic) bond motifs is 2. The van der Waals surface area contributed by atoms with Crippen LogP contribution in [0.25, 0.3) is 15.8 Å². The molecular formula is C15H14N2S2. The Morgan fingerprint density at radius 1 is 1.32 bits per heavy atom. The van der Waals surface area contributed by atoms with E-state index in [0.717, 1.165) is 19.5 Å². The van der Waals surface area contributed by atoms with E-state index in [-0.39, 0.29) is 0 Å². The molecule has 96 valence electrons. The summed E-state index contributed by atoms with van der Waals surface area (Å²) in [7, 11) is 0. The molecule has 0 spiro atoms. The van der Waals surface area contributed by atoms with Gasteiger partial charge in [0.05, 0.1) is 12.2 Å². The predicted octanol–water partition coefficient (Wildman–Crippen LogP) is 4.40. The topological polar surface area (TPSA) is 15.6 Å². The maximum absolute atomic E-state index is 4.60. The predicted molar refractivity (Wildman–Crippen MR) is 85.6 cm³/mol. The van der Waals surface area contributed by atoms with Crippen molar-refractivity contribution in [1.29, 1.82) is 0 Å². The van der Waals surface area contributed by atoms with Crippen molar-refractivity contribution in [1.82, 2.24) is 4.90 Å². The summed E-state index contributed by atoms with van der Waals surface area (Å²) in [5, 5.41) is 4.88. The Hall–Kier alpha value is -1.26. The molecule has 2 nitrogen and oxygen atoms in total. The van der Waals surface area contributed by atoms with Crippen molar-refractivity contribution in [2.45, 2.75) is 13.3 Å². The van der Waals surface area contributed by atoms with Crippen LogP contribution in [0.2, 0.25) is 0 Å². The first-order chi connectivity index (χ1) is 9.38. The molecule has 19 heavy (non-hydrogen) atoms. The number of thiophene rings is 1. The van der Waals surface area contributed by atoms with E-state index in [0.29, 0.717) is 0 Å². The van der Waals surface area contributed by atoms with Crippen LogP contribution in [0.3, 0.4) is 0 Å². The molecule has 2 aliphatic heterocycles. The Bertz CT molecular complexity index is 712. The average Bonchev–Trinajstić information content (AvgIpc) is 3.11. The van der Waals surface area contributed by atoms with Crippen LogP contribution in [0.1, 0.15) is 18.9 Å². The minimum Gasteiger partial charge on any atom is -0.318 e. The first-order valence-corrected chi connectivity index (χ1v) is 8.27. The molecule has 0 aliphatic carbocycles. The minimum absolute atomic E-state index is 0.935. The second-order valence-electron chi connectivity index (χ2n) is 4.69. The van der Waals surface area contributed by atoms with Crippen LogP contribution in [0.15, 0.2) is 39.5 Å². The highest BCUT2D eigenvalue weighted by Gasteiger charge is 2.32. The molecule has 0 bridgehead atoms. The summed E-state index contributed by atoms with van der Waals surface area (Å²) >= 11 is 3.69. The number of nitrogens with zero attached hydrogens (tertiary/aromatic N) is 2. The average molecular weight is 286 g/mol. The molecule has 2 aliphatic rings. The van der Waals surface area contributed by atoms with Crippen LogP contribution in [0, 0.1) is 0 Å². The van der Waals surface area contributed by atoms with Crippen molar-refractivity contribution in [2.75, 3.05) is 13.1 Å². The first kappa shape index (κ1) is 11.6. The van der Waals surface area contributed by atoms with Gasteiger partial charge < -0.3 is 4.90 Å². The third-order valence-corrected chi connectivity index (χ3v) is 5.83. The monoisotopic (exact) mass is 286 g/mol. The van der Waals surface area contributed by atoms with Gasteiger partial charge >= 0.3 is 0 Å². The first-order valence-electron chi connectivity index (χ1n) is 6.58. The molecule has 2 aromatic rings. The van der Waals surface area contributed by atoms with E-state index in [1.165, 1.54) is 31.4 Å². The number of thioether (sulfide) groups is 1. The molecule has 0 saturated heterocycles. The number of rotatable bonds is 2. The standard InChI is InChI=1S/C15H14N2S2/c1-2-12-14(17-8-7-16-15(17)19-12)11-9-18-13-6-4-3-5-10(11)13/h3-6,9H,2,7-8H2,1H3. The van der Waals surface area contributed by atoms with E-state index >= 15 is 0 Å². The number of allylic oxidation sites excluding steroid dienone is 1. The number of aliphatic imine (C=N–C) groups is 1. The van der Waals surface area contributed by atoms with Crippen molar-refractivity contribution in [3.8, 4) is 0 Å². The zero-order chi connectivity index (χ0) is 12.8. The van der Waals surface area contributed by atoms with Crippen LogP contribution in [0.5, 0.6) is 0 Å². The second kappa shape index (κ2) is 4.39. The van der Waals surface area contributed by atoms with E-state index < -0.39 is 0 Å². The zero-order valence-corrected chi connectivity index (χ0v) is 12.4. The van der Waals surface area contributed by atoms with Crippen LogP contribution < -0.4 is 0 Å². The van der Waals surface area contributed by atoms with Crippen molar-refractivity contribution in [2.24, 2.45) is 4.99 Å². The Morgan fingerprint density at radius 2 is 2.21 bits per heavy atom. The number of hydrogen-bond donors (Lipinski definition) is 0. The molecule has 0 fully saturated rings. The normalized spacial score (nSPS) is 18.4.